The first-order valence-electron chi connectivity index (χ1n) is 5.85. The van der Waals surface area contributed by atoms with Crippen molar-refractivity contribution < 1.29 is 9.59 Å². The van der Waals surface area contributed by atoms with Gasteiger partial charge in [0.15, 0.2) is 11.6 Å². The topological polar surface area (TPSA) is 34.1 Å². The van der Waals surface area contributed by atoms with Crippen LogP contribution in [0.5, 0.6) is 0 Å². The maximum atomic E-state index is 11.3. The predicted molar refractivity (Wildman–Crippen MR) is 67.3 cm³/mol. The van der Waals surface area contributed by atoms with E-state index in [-0.39, 0.29) is 17.0 Å². The zero-order chi connectivity index (χ0) is 12.8. The van der Waals surface area contributed by atoms with Crippen LogP contribution in [0.1, 0.15) is 47.5 Å². The third-order valence-electron chi connectivity index (χ3n) is 2.18. The Labute approximate surface area is 98.4 Å². The monoisotopic (exact) mass is 222 g/mol. The lowest BCUT2D eigenvalue weighted by atomic mass is 9.86. The third-order valence-corrected chi connectivity index (χ3v) is 2.18. The molecule has 0 aliphatic heterocycles. The zero-order valence-corrected chi connectivity index (χ0v) is 11.0. The standard InChI is InChI=1S/C12H16O2.C2H6/c1-12(2,3)7-6-9-8-10(13)4-5-11(9)14;1-2/h4-5,8H,6-7H2,1-3H3;1-2H3. The average molecular weight is 222 g/mol. The Morgan fingerprint density at radius 3 is 2.12 bits per heavy atom. The van der Waals surface area contributed by atoms with Crippen LogP contribution >= 0.6 is 0 Å². The maximum absolute atomic E-state index is 11.3. The van der Waals surface area contributed by atoms with Gasteiger partial charge in [0.1, 0.15) is 0 Å². The van der Waals surface area contributed by atoms with E-state index in [1.807, 2.05) is 13.8 Å². The lowest BCUT2D eigenvalue weighted by molar-refractivity contribution is -0.114. The fourth-order valence-corrected chi connectivity index (χ4v) is 1.26. The van der Waals surface area contributed by atoms with Crippen LogP contribution in [0.4, 0.5) is 0 Å². The molecule has 0 N–H and O–H groups in total. The summed E-state index contributed by atoms with van der Waals surface area (Å²) < 4.78 is 0. The SMILES string of the molecule is CC.CC(C)(C)CCC1=CC(=O)C=CC1=O. The Kier molecular flexibility index (Phi) is 5.94. The van der Waals surface area contributed by atoms with Gasteiger partial charge in [0.2, 0.25) is 0 Å². The summed E-state index contributed by atoms with van der Waals surface area (Å²) in [5.41, 5.74) is 0.845. The van der Waals surface area contributed by atoms with E-state index in [4.69, 9.17) is 0 Å². The summed E-state index contributed by atoms with van der Waals surface area (Å²) in [4.78, 5) is 22.4. The summed E-state index contributed by atoms with van der Waals surface area (Å²) in [6.45, 7) is 10.4. The Bertz CT molecular complexity index is 314. The van der Waals surface area contributed by atoms with E-state index in [1.165, 1.54) is 18.2 Å². The fourth-order valence-electron chi connectivity index (χ4n) is 1.26. The van der Waals surface area contributed by atoms with Crippen LogP contribution in [-0.4, -0.2) is 11.6 Å². The molecular formula is C14H22O2. The lowest BCUT2D eigenvalue weighted by Gasteiger charge is -2.18. The van der Waals surface area contributed by atoms with Crippen molar-refractivity contribution in [1.82, 2.24) is 0 Å². The summed E-state index contributed by atoms with van der Waals surface area (Å²) >= 11 is 0. The first kappa shape index (κ1) is 14.8. The van der Waals surface area contributed by atoms with Crippen molar-refractivity contribution in [2.45, 2.75) is 47.5 Å². The number of carbonyl (C=O) groups excluding carboxylic acids is 2. The van der Waals surface area contributed by atoms with E-state index < -0.39 is 0 Å². The second-order valence-corrected chi connectivity index (χ2v) is 4.83. The van der Waals surface area contributed by atoms with Crippen LogP contribution in [0.2, 0.25) is 0 Å². The molecule has 16 heavy (non-hydrogen) atoms. The van der Waals surface area contributed by atoms with Crippen LogP contribution < -0.4 is 0 Å². The number of hydrogen-bond donors (Lipinski definition) is 0. The molecule has 0 saturated heterocycles. The summed E-state index contributed by atoms with van der Waals surface area (Å²) in [5, 5.41) is 0. The first-order valence-corrected chi connectivity index (χ1v) is 5.85. The van der Waals surface area contributed by atoms with Gasteiger partial charge in [0, 0.05) is 5.57 Å². The van der Waals surface area contributed by atoms with Crippen LogP contribution in [-0.2, 0) is 9.59 Å². The molecule has 2 heteroatoms. The summed E-state index contributed by atoms with van der Waals surface area (Å²) in [7, 11) is 0. The molecule has 2 nitrogen and oxygen atoms in total. The molecule has 1 aliphatic rings. The van der Waals surface area contributed by atoms with Crippen molar-refractivity contribution in [3.05, 3.63) is 23.8 Å². The number of ketones is 2. The number of carbonyl (C=O) groups is 2. The zero-order valence-electron chi connectivity index (χ0n) is 11.0. The molecule has 0 unspecified atom stereocenters. The molecule has 1 aliphatic carbocycles. The van der Waals surface area contributed by atoms with E-state index in [0.717, 1.165) is 6.42 Å². The molecule has 90 valence electrons. The minimum absolute atomic E-state index is 0.0196. The van der Waals surface area contributed by atoms with E-state index in [1.54, 1.807) is 0 Å². The molecule has 0 atom stereocenters. The second-order valence-electron chi connectivity index (χ2n) is 4.83. The van der Waals surface area contributed by atoms with Crippen molar-refractivity contribution in [2.24, 2.45) is 5.41 Å². The highest BCUT2D eigenvalue weighted by Crippen LogP contribution is 2.24. The normalized spacial score (nSPS) is 15.4. The number of hydrogen-bond acceptors (Lipinski definition) is 2. The predicted octanol–water partition coefficient (Wildman–Crippen LogP) is 3.47. The molecule has 0 aromatic heterocycles. The van der Waals surface area contributed by atoms with Crippen molar-refractivity contribution in [1.29, 1.82) is 0 Å². The second kappa shape index (κ2) is 6.41. The summed E-state index contributed by atoms with van der Waals surface area (Å²) in [6, 6.07) is 0. The van der Waals surface area contributed by atoms with Gasteiger partial charge in [-0.1, -0.05) is 34.6 Å². The largest absolute Gasteiger partial charge is 0.290 e. The van der Waals surface area contributed by atoms with Crippen molar-refractivity contribution in [3.8, 4) is 0 Å². The minimum atomic E-state index is -0.0755. The van der Waals surface area contributed by atoms with Crippen molar-refractivity contribution in [2.75, 3.05) is 0 Å². The third kappa shape index (κ3) is 5.64. The van der Waals surface area contributed by atoms with Gasteiger partial charge in [0.25, 0.3) is 0 Å². The van der Waals surface area contributed by atoms with Crippen LogP contribution in [0.25, 0.3) is 0 Å². The minimum Gasteiger partial charge on any atom is -0.290 e. The van der Waals surface area contributed by atoms with Crippen LogP contribution in [0, 0.1) is 5.41 Å². The molecule has 0 bridgehead atoms. The summed E-state index contributed by atoms with van der Waals surface area (Å²) in [5.74, 6) is -0.0950. The summed E-state index contributed by atoms with van der Waals surface area (Å²) in [6.07, 6.45) is 5.75. The molecule has 0 amide bonds. The van der Waals surface area contributed by atoms with Gasteiger partial charge < -0.3 is 0 Å². The molecule has 1 rings (SSSR count). The van der Waals surface area contributed by atoms with E-state index in [9.17, 15) is 9.59 Å². The molecule has 0 saturated carbocycles. The highest BCUT2D eigenvalue weighted by Gasteiger charge is 2.16. The number of allylic oxidation sites excluding steroid dienone is 4. The molecule has 0 heterocycles. The highest BCUT2D eigenvalue weighted by atomic mass is 16.1. The Morgan fingerprint density at radius 2 is 1.62 bits per heavy atom. The van der Waals surface area contributed by atoms with Gasteiger partial charge in [-0.2, -0.15) is 0 Å². The smallest absolute Gasteiger partial charge is 0.182 e. The Morgan fingerprint density at radius 1 is 1.06 bits per heavy atom. The van der Waals surface area contributed by atoms with Crippen LogP contribution in [0.15, 0.2) is 23.8 Å². The number of rotatable bonds is 2. The Hall–Kier alpha value is -1.18. The molecule has 0 aromatic carbocycles. The van der Waals surface area contributed by atoms with Gasteiger partial charge in [-0.3, -0.25) is 9.59 Å². The average Bonchev–Trinajstić information content (AvgIpc) is 2.21. The highest BCUT2D eigenvalue weighted by molar-refractivity contribution is 6.17. The first-order chi connectivity index (χ1) is 7.38. The quantitative estimate of drug-likeness (QED) is 0.670. The fraction of sp³-hybridized carbons (Fsp3) is 0.571. The van der Waals surface area contributed by atoms with E-state index in [2.05, 4.69) is 20.8 Å². The molecule has 0 spiro atoms. The van der Waals surface area contributed by atoms with Gasteiger partial charge in [-0.25, -0.2) is 0 Å². The Balaban J connectivity index is 0.00000106. The van der Waals surface area contributed by atoms with E-state index in [0.29, 0.717) is 12.0 Å². The van der Waals surface area contributed by atoms with E-state index >= 15 is 0 Å². The van der Waals surface area contributed by atoms with Gasteiger partial charge in [0.05, 0.1) is 0 Å². The van der Waals surface area contributed by atoms with Gasteiger partial charge in [-0.05, 0) is 36.5 Å². The van der Waals surface area contributed by atoms with Gasteiger partial charge >= 0.3 is 0 Å². The molecule has 0 fully saturated rings. The van der Waals surface area contributed by atoms with Crippen LogP contribution in [0.3, 0.4) is 0 Å². The van der Waals surface area contributed by atoms with Crippen molar-refractivity contribution in [3.63, 3.8) is 0 Å². The molecule has 0 radical (unpaired) electrons. The molecule has 0 aromatic rings. The lowest BCUT2D eigenvalue weighted by Crippen LogP contribution is -2.11. The van der Waals surface area contributed by atoms with Gasteiger partial charge in [-0.15, -0.1) is 0 Å². The molecular weight excluding hydrogens is 200 g/mol. The van der Waals surface area contributed by atoms with Crippen molar-refractivity contribution >= 4 is 11.6 Å². The maximum Gasteiger partial charge on any atom is 0.182 e.